The summed E-state index contributed by atoms with van der Waals surface area (Å²) in [6, 6.07) is 5.55. The smallest absolute Gasteiger partial charge is 0.310 e. The van der Waals surface area contributed by atoms with Gasteiger partial charge in [0.1, 0.15) is 0 Å². The van der Waals surface area contributed by atoms with E-state index in [2.05, 4.69) is 0 Å². The monoisotopic (exact) mass is 226 g/mol. The van der Waals surface area contributed by atoms with E-state index >= 15 is 0 Å². The molecular formula is C12H15ClO2. The molecular weight excluding hydrogens is 212 g/mol. The van der Waals surface area contributed by atoms with Crippen molar-refractivity contribution >= 4 is 17.6 Å². The van der Waals surface area contributed by atoms with Crippen LogP contribution in [0.2, 0.25) is 5.02 Å². The summed E-state index contributed by atoms with van der Waals surface area (Å²) >= 11 is 5.89. The largest absolute Gasteiger partial charge is 0.463 e. The molecule has 3 heteroatoms. The van der Waals surface area contributed by atoms with Crippen LogP contribution in [0.25, 0.3) is 0 Å². The average Bonchev–Trinajstić information content (AvgIpc) is 2.10. The molecule has 0 heterocycles. The van der Waals surface area contributed by atoms with E-state index in [0.717, 1.165) is 16.1 Å². The summed E-state index contributed by atoms with van der Waals surface area (Å²) in [6.45, 7) is 5.59. The molecule has 15 heavy (non-hydrogen) atoms. The van der Waals surface area contributed by atoms with Crippen LogP contribution in [0, 0.1) is 6.92 Å². The van der Waals surface area contributed by atoms with Crippen LogP contribution >= 0.6 is 11.6 Å². The maximum atomic E-state index is 11.4. The van der Waals surface area contributed by atoms with Crippen LogP contribution in [0.15, 0.2) is 18.2 Å². The van der Waals surface area contributed by atoms with Gasteiger partial charge < -0.3 is 4.74 Å². The molecule has 0 radical (unpaired) electrons. The maximum Gasteiger partial charge on any atom is 0.310 e. The first-order chi connectivity index (χ1) is 6.99. The molecule has 0 atom stereocenters. The van der Waals surface area contributed by atoms with Crippen molar-refractivity contribution in [1.29, 1.82) is 0 Å². The lowest BCUT2D eigenvalue weighted by Gasteiger charge is -2.08. The third-order valence-corrected chi connectivity index (χ3v) is 2.36. The predicted molar refractivity (Wildman–Crippen MR) is 61.1 cm³/mol. The second-order valence-corrected chi connectivity index (χ2v) is 4.21. The van der Waals surface area contributed by atoms with Crippen molar-refractivity contribution in [1.82, 2.24) is 0 Å². The summed E-state index contributed by atoms with van der Waals surface area (Å²) in [4.78, 5) is 11.4. The van der Waals surface area contributed by atoms with Gasteiger partial charge in [0.25, 0.3) is 0 Å². The number of carbonyl (C=O) groups excluding carboxylic acids is 1. The van der Waals surface area contributed by atoms with Crippen LogP contribution in [0.4, 0.5) is 0 Å². The summed E-state index contributed by atoms with van der Waals surface area (Å²) in [5.41, 5.74) is 1.91. The number of benzene rings is 1. The molecule has 0 spiro atoms. The number of hydrogen-bond acceptors (Lipinski definition) is 2. The van der Waals surface area contributed by atoms with Crippen LogP contribution in [-0.4, -0.2) is 12.1 Å². The summed E-state index contributed by atoms with van der Waals surface area (Å²) in [7, 11) is 0. The van der Waals surface area contributed by atoms with Gasteiger partial charge in [0.05, 0.1) is 12.5 Å². The Morgan fingerprint density at radius 1 is 1.47 bits per heavy atom. The van der Waals surface area contributed by atoms with E-state index in [9.17, 15) is 4.79 Å². The lowest BCUT2D eigenvalue weighted by atomic mass is 10.1. The highest BCUT2D eigenvalue weighted by Crippen LogP contribution is 2.16. The first-order valence-corrected chi connectivity index (χ1v) is 5.31. The zero-order valence-corrected chi connectivity index (χ0v) is 9.97. The summed E-state index contributed by atoms with van der Waals surface area (Å²) in [5.74, 6) is -0.202. The Kier molecular flexibility index (Phi) is 4.15. The highest BCUT2D eigenvalue weighted by atomic mass is 35.5. The van der Waals surface area contributed by atoms with Gasteiger partial charge in [-0.1, -0.05) is 23.7 Å². The van der Waals surface area contributed by atoms with E-state index in [4.69, 9.17) is 16.3 Å². The van der Waals surface area contributed by atoms with Gasteiger partial charge in [0.2, 0.25) is 0 Å². The fourth-order valence-electron chi connectivity index (χ4n) is 1.29. The van der Waals surface area contributed by atoms with Crippen molar-refractivity contribution in [2.75, 3.05) is 0 Å². The van der Waals surface area contributed by atoms with E-state index < -0.39 is 0 Å². The van der Waals surface area contributed by atoms with Gasteiger partial charge in [-0.05, 0) is 38.0 Å². The van der Waals surface area contributed by atoms with E-state index in [1.165, 1.54) is 0 Å². The molecule has 0 N–H and O–H groups in total. The predicted octanol–water partition coefficient (Wildman–Crippen LogP) is 3.14. The van der Waals surface area contributed by atoms with Crippen molar-refractivity contribution in [3.8, 4) is 0 Å². The third-order valence-electron chi connectivity index (χ3n) is 1.94. The maximum absolute atomic E-state index is 11.4. The lowest BCUT2D eigenvalue weighted by Crippen LogP contribution is -2.13. The van der Waals surface area contributed by atoms with E-state index in [1.807, 2.05) is 32.9 Å². The van der Waals surface area contributed by atoms with Crippen LogP contribution in [-0.2, 0) is 16.0 Å². The SMILES string of the molecule is Cc1cc(CC(=O)OC(C)C)ccc1Cl. The first kappa shape index (κ1) is 12.1. The topological polar surface area (TPSA) is 26.3 Å². The molecule has 0 aliphatic rings. The van der Waals surface area contributed by atoms with Crippen LogP contribution in [0.5, 0.6) is 0 Å². The number of aryl methyl sites for hydroxylation is 1. The Morgan fingerprint density at radius 3 is 2.67 bits per heavy atom. The molecule has 1 aromatic carbocycles. The molecule has 0 aromatic heterocycles. The van der Waals surface area contributed by atoms with Gasteiger partial charge in [-0.2, -0.15) is 0 Å². The number of ether oxygens (including phenoxy) is 1. The molecule has 0 saturated carbocycles. The highest BCUT2D eigenvalue weighted by Gasteiger charge is 2.07. The molecule has 0 saturated heterocycles. The van der Waals surface area contributed by atoms with Crippen LogP contribution in [0.3, 0.4) is 0 Å². The number of hydrogen-bond donors (Lipinski definition) is 0. The van der Waals surface area contributed by atoms with Crippen molar-refractivity contribution in [2.24, 2.45) is 0 Å². The van der Waals surface area contributed by atoms with Crippen molar-refractivity contribution in [2.45, 2.75) is 33.3 Å². The Morgan fingerprint density at radius 2 is 2.13 bits per heavy atom. The minimum atomic E-state index is -0.202. The summed E-state index contributed by atoms with van der Waals surface area (Å²) in [6.07, 6.45) is 0.238. The standard InChI is InChI=1S/C12H15ClO2/c1-8(2)15-12(14)7-10-4-5-11(13)9(3)6-10/h4-6,8H,7H2,1-3H3. The fourth-order valence-corrected chi connectivity index (χ4v) is 1.41. The molecule has 82 valence electrons. The van der Waals surface area contributed by atoms with Gasteiger partial charge in [0.15, 0.2) is 0 Å². The number of rotatable bonds is 3. The number of esters is 1. The lowest BCUT2D eigenvalue weighted by molar-refractivity contribution is -0.146. The highest BCUT2D eigenvalue weighted by molar-refractivity contribution is 6.31. The molecule has 0 aliphatic carbocycles. The molecule has 1 aromatic rings. The van der Waals surface area contributed by atoms with Gasteiger partial charge in [-0.25, -0.2) is 0 Å². The molecule has 0 aliphatic heterocycles. The van der Waals surface area contributed by atoms with E-state index in [0.29, 0.717) is 6.42 Å². The second-order valence-electron chi connectivity index (χ2n) is 3.80. The normalized spacial score (nSPS) is 10.5. The summed E-state index contributed by atoms with van der Waals surface area (Å²) < 4.78 is 5.05. The molecule has 0 fully saturated rings. The van der Waals surface area contributed by atoms with Crippen molar-refractivity contribution in [3.63, 3.8) is 0 Å². The molecule has 2 nitrogen and oxygen atoms in total. The van der Waals surface area contributed by atoms with Gasteiger partial charge in [-0.3, -0.25) is 4.79 Å². The van der Waals surface area contributed by atoms with Crippen molar-refractivity contribution in [3.05, 3.63) is 34.3 Å². The van der Waals surface area contributed by atoms with E-state index in [1.54, 1.807) is 6.07 Å². The van der Waals surface area contributed by atoms with Gasteiger partial charge in [0, 0.05) is 5.02 Å². The first-order valence-electron chi connectivity index (χ1n) is 4.93. The minimum Gasteiger partial charge on any atom is -0.463 e. The Balaban J connectivity index is 2.65. The van der Waals surface area contributed by atoms with Gasteiger partial charge in [-0.15, -0.1) is 0 Å². The molecule has 0 amide bonds. The Bertz CT molecular complexity index is 359. The Labute approximate surface area is 95.2 Å². The van der Waals surface area contributed by atoms with Crippen LogP contribution < -0.4 is 0 Å². The third kappa shape index (κ3) is 3.92. The van der Waals surface area contributed by atoms with E-state index in [-0.39, 0.29) is 12.1 Å². The molecule has 1 rings (SSSR count). The minimum absolute atomic E-state index is 0.0640. The van der Waals surface area contributed by atoms with Gasteiger partial charge >= 0.3 is 5.97 Å². The Hall–Kier alpha value is -1.02. The molecule has 0 bridgehead atoms. The van der Waals surface area contributed by atoms with Crippen LogP contribution in [0.1, 0.15) is 25.0 Å². The number of halogens is 1. The van der Waals surface area contributed by atoms with Crippen molar-refractivity contribution < 1.29 is 9.53 Å². The zero-order chi connectivity index (χ0) is 11.4. The average molecular weight is 227 g/mol. The fraction of sp³-hybridized carbons (Fsp3) is 0.417. The summed E-state index contributed by atoms with van der Waals surface area (Å²) in [5, 5.41) is 0.718. The number of carbonyl (C=O) groups is 1. The zero-order valence-electron chi connectivity index (χ0n) is 9.21. The quantitative estimate of drug-likeness (QED) is 0.741. The molecule has 0 unspecified atom stereocenters. The second kappa shape index (κ2) is 5.17.